The van der Waals surface area contributed by atoms with E-state index in [2.05, 4.69) is 25.2 Å². The molecule has 4 nitrogen and oxygen atoms in total. The maximum atomic E-state index is 11.3. The number of hydrogen-bond acceptors (Lipinski definition) is 3. The molecule has 1 amide bonds. The summed E-state index contributed by atoms with van der Waals surface area (Å²) in [5.74, 6) is 0.619. The number of amides is 1. The molecule has 0 saturated carbocycles. The molecule has 1 aromatic carbocycles. The van der Waals surface area contributed by atoms with Crippen LogP contribution in [0.4, 0.5) is 0 Å². The fraction of sp³-hybridized carbons (Fsp3) is 0.467. The molecular formula is C15H20N2O2. The van der Waals surface area contributed by atoms with Crippen LogP contribution in [0.5, 0.6) is 5.75 Å². The van der Waals surface area contributed by atoms with Crippen molar-refractivity contribution in [1.82, 2.24) is 5.32 Å². The van der Waals surface area contributed by atoms with Crippen molar-refractivity contribution in [3.8, 4) is 11.8 Å². The number of ether oxygens (including phenoxy) is 1. The van der Waals surface area contributed by atoms with Crippen molar-refractivity contribution >= 4 is 5.91 Å². The van der Waals surface area contributed by atoms with Crippen LogP contribution >= 0.6 is 0 Å². The van der Waals surface area contributed by atoms with Crippen LogP contribution in [0, 0.1) is 18.3 Å². The van der Waals surface area contributed by atoms with Gasteiger partial charge in [0.15, 0.2) is 0 Å². The van der Waals surface area contributed by atoms with Gasteiger partial charge < -0.3 is 10.1 Å². The number of carbonyl (C=O) groups excluding carboxylic acids is 1. The average molecular weight is 260 g/mol. The number of nitriles is 1. The van der Waals surface area contributed by atoms with E-state index in [0.717, 1.165) is 16.9 Å². The first kappa shape index (κ1) is 15.0. The van der Waals surface area contributed by atoms with Gasteiger partial charge in [0, 0.05) is 12.0 Å². The number of benzene rings is 1. The molecule has 4 heteroatoms. The van der Waals surface area contributed by atoms with E-state index >= 15 is 0 Å². The second-order valence-corrected chi connectivity index (χ2v) is 5.18. The first-order valence-electron chi connectivity index (χ1n) is 6.19. The molecule has 0 aliphatic heterocycles. The van der Waals surface area contributed by atoms with Gasteiger partial charge in [0.25, 0.3) is 0 Å². The maximum absolute atomic E-state index is 11.3. The molecule has 1 N–H and O–H groups in total. The van der Waals surface area contributed by atoms with Gasteiger partial charge in [0.1, 0.15) is 12.2 Å². The van der Waals surface area contributed by atoms with Gasteiger partial charge in [-0.15, -0.1) is 0 Å². The third-order valence-electron chi connectivity index (χ3n) is 3.14. The van der Waals surface area contributed by atoms with Gasteiger partial charge in [-0.2, -0.15) is 5.26 Å². The van der Waals surface area contributed by atoms with E-state index in [-0.39, 0.29) is 17.7 Å². The summed E-state index contributed by atoms with van der Waals surface area (Å²) < 4.78 is 5.24. The van der Waals surface area contributed by atoms with Crippen LogP contribution in [0.1, 0.15) is 31.4 Å². The molecule has 0 unspecified atom stereocenters. The third kappa shape index (κ3) is 3.99. The molecule has 0 fully saturated rings. The Morgan fingerprint density at radius 2 is 2.16 bits per heavy atom. The van der Waals surface area contributed by atoms with Crippen LogP contribution in [0.15, 0.2) is 18.2 Å². The molecule has 0 spiro atoms. The lowest BCUT2D eigenvalue weighted by Gasteiger charge is -2.26. The topological polar surface area (TPSA) is 62.1 Å². The standard InChI is InChI=1S/C15H20N2O2/c1-11-9-12(5-6-13(11)19-4)15(2,3)10-17-14(18)7-8-16/h5-6,9H,7,10H2,1-4H3,(H,17,18). The molecule has 19 heavy (non-hydrogen) atoms. The highest BCUT2D eigenvalue weighted by Gasteiger charge is 2.22. The molecule has 0 radical (unpaired) electrons. The predicted octanol–water partition coefficient (Wildman–Crippen LogP) is 2.31. The molecule has 0 saturated heterocycles. The summed E-state index contributed by atoms with van der Waals surface area (Å²) in [4.78, 5) is 11.3. The van der Waals surface area contributed by atoms with Gasteiger partial charge in [-0.05, 0) is 24.1 Å². The van der Waals surface area contributed by atoms with Gasteiger partial charge in [0.2, 0.25) is 5.91 Å². The number of nitrogens with one attached hydrogen (secondary N) is 1. The first-order chi connectivity index (χ1) is 8.90. The van der Waals surface area contributed by atoms with Crippen molar-refractivity contribution < 1.29 is 9.53 Å². The van der Waals surface area contributed by atoms with E-state index < -0.39 is 0 Å². The van der Waals surface area contributed by atoms with Crippen molar-refractivity contribution in [2.24, 2.45) is 0 Å². The van der Waals surface area contributed by atoms with Crippen molar-refractivity contribution in [3.63, 3.8) is 0 Å². The van der Waals surface area contributed by atoms with Gasteiger partial charge in [0.05, 0.1) is 13.2 Å². The van der Waals surface area contributed by atoms with Crippen molar-refractivity contribution in [3.05, 3.63) is 29.3 Å². The normalized spacial score (nSPS) is 10.7. The third-order valence-corrected chi connectivity index (χ3v) is 3.14. The molecule has 0 aromatic heterocycles. The summed E-state index contributed by atoms with van der Waals surface area (Å²) in [6, 6.07) is 7.84. The highest BCUT2D eigenvalue weighted by Crippen LogP contribution is 2.27. The van der Waals surface area contributed by atoms with E-state index in [1.54, 1.807) is 7.11 Å². The van der Waals surface area contributed by atoms with Gasteiger partial charge in [-0.25, -0.2) is 0 Å². The largest absolute Gasteiger partial charge is 0.496 e. The minimum absolute atomic E-state index is 0.0995. The lowest BCUT2D eigenvalue weighted by molar-refractivity contribution is -0.120. The summed E-state index contributed by atoms with van der Waals surface area (Å²) in [7, 11) is 1.65. The molecular weight excluding hydrogens is 240 g/mol. The number of methoxy groups -OCH3 is 1. The highest BCUT2D eigenvalue weighted by molar-refractivity contribution is 5.78. The maximum Gasteiger partial charge on any atom is 0.234 e. The van der Waals surface area contributed by atoms with E-state index in [1.807, 2.05) is 25.1 Å². The van der Waals surface area contributed by atoms with Crippen molar-refractivity contribution in [1.29, 1.82) is 5.26 Å². The number of aryl methyl sites for hydroxylation is 1. The summed E-state index contributed by atoms with van der Waals surface area (Å²) in [6.07, 6.45) is -0.0995. The summed E-state index contributed by atoms with van der Waals surface area (Å²) in [6.45, 7) is 6.60. The summed E-state index contributed by atoms with van der Waals surface area (Å²) in [5, 5.41) is 11.2. The van der Waals surface area contributed by atoms with E-state index in [0.29, 0.717) is 6.54 Å². The van der Waals surface area contributed by atoms with Gasteiger partial charge >= 0.3 is 0 Å². The summed E-state index contributed by atoms with van der Waals surface area (Å²) in [5.41, 5.74) is 2.00. The highest BCUT2D eigenvalue weighted by atomic mass is 16.5. The van der Waals surface area contributed by atoms with Gasteiger partial charge in [-0.3, -0.25) is 4.79 Å². The Morgan fingerprint density at radius 1 is 1.47 bits per heavy atom. The van der Waals surface area contributed by atoms with Crippen LogP contribution < -0.4 is 10.1 Å². The van der Waals surface area contributed by atoms with Crippen LogP contribution in [-0.2, 0) is 10.2 Å². The quantitative estimate of drug-likeness (QED) is 0.883. The monoisotopic (exact) mass is 260 g/mol. The minimum atomic E-state index is -0.235. The lowest BCUT2D eigenvalue weighted by Crippen LogP contribution is -2.36. The number of carbonyl (C=O) groups is 1. The Kier molecular flexibility index (Phi) is 4.94. The second-order valence-electron chi connectivity index (χ2n) is 5.18. The second kappa shape index (κ2) is 6.24. The van der Waals surface area contributed by atoms with E-state index in [4.69, 9.17) is 10.00 Å². The molecule has 0 aliphatic rings. The number of rotatable bonds is 5. The van der Waals surface area contributed by atoms with E-state index in [1.165, 1.54) is 0 Å². The minimum Gasteiger partial charge on any atom is -0.496 e. The Balaban J connectivity index is 2.79. The zero-order valence-electron chi connectivity index (χ0n) is 11.9. The zero-order chi connectivity index (χ0) is 14.5. The van der Waals surface area contributed by atoms with Crippen LogP contribution in [0.2, 0.25) is 0 Å². The van der Waals surface area contributed by atoms with Crippen LogP contribution in [0.25, 0.3) is 0 Å². The van der Waals surface area contributed by atoms with Crippen LogP contribution in [-0.4, -0.2) is 19.6 Å². The fourth-order valence-electron chi connectivity index (χ4n) is 1.86. The molecule has 102 valence electrons. The average Bonchev–Trinajstić information content (AvgIpc) is 2.37. The fourth-order valence-corrected chi connectivity index (χ4v) is 1.86. The van der Waals surface area contributed by atoms with Crippen molar-refractivity contribution in [2.45, 2.75) is 32.6 Å². The van der Waals surface area contributed by atoms with Gasteiger partial charge in [-0.1, -0.05) is 26.0 Å². The first-order valence-corrected chi connectivity index (χ1v) is 6.19. The smallest absolute Gasteiger partial charge is 0.234 e. The molecule has 0 bridgehead atoms. The zero-order valence-corrected chi connectivity index (χ0v) is 11.9. The molecule has 1 rings (SSSR count). The lowest BCUT2D eigenvalue weighted by atomic mass is 9.83. The Labute approximate surface area is 114 Å². The molecule has 0 heterocycles. The van der Waals surface area contributed by atoms with Crippen molar-refractivity contribution in [2.75, 3.05) is 13.7 Å². The van der Waals surface area contributed by atoms with E-state index in [9.17, 15) is 4.79 Å². The Bertz CT molecular complexity index is 501. The number of hydrogen-bond donors (Lipinski definition) is 1. The summed E-state index contributed by atoms with van der Waals surface area (Å²) >= 11 is 0. The molecule has 1 aromatic rings. The van der Waals surface area contributed by atoms with Crippen LogP contribution in [0.3, 0.4) is 0 Å². The Hall–Kier alpha value is -2.02. The molecule has 0 aliphatic carbocycles. The predicted molar refractivity (Wildman–Crippen MR) is 74.0 cm³/mol. The SMILES string of the molecule is COc1ccc(C(C)(C)CNC(=O)CC#N)cc1C. The number of nitrogens with zero attached hydrogens (tertiary/aromatic N) is 1. The molecule has 0 atom stereocenters. The Morgan fingerprint density at radius 3 is 2.68 bits per heavy atom.